The average molecular weight is 419 g/mol. The van der Waals surface area contributed by atoms with Gasteiger partial charge >= 0.3 is 0 Å². The molecule has 0 bridgehead atoms. The molecule has 0 saturated carbocycles. The zero-order valence-corrected chi connectivity index (χ0v) is 14.6. The Balaban J connectivity index is 2.35. The molecule has 21 heavy (non-hydrogen) atoms. The van der Waals surface area contributed by atoms with Crippen LogP contribution in [0.4, 0.5) is 8.78 Å². The Morgan fingerprint density at radius 3 is 2.33 bits per heavy atom. The van der Waals surface area contributed by atoms with Crippen molar-refractivity contribution in [2.45, 2.75) is 19.4 Å². The Kier molecular flexibility index (Phi) is 5.90. The minimum absolute atomic E-state index is 0.110. The van der Waals surface area contributed by atoms with Crippen LogP contribution >= 0.6 is 31.9 Å². The summed E-state index contributed by atoms with van der Waals surface area (Å²) in [5.74, 6) is -1.02. The van der Waals surface area contributed by atoms with E-state index < -0.39 is 11.6 Å². The van der Waals surface area contributed by atoms with Gasteiger partial charge in [0.05, 0.1) is 0 Å². The molecule has 1 atom stereocenters. The third-order valence-electron chi connectivity index (χ3n) is 3.26. The summed E-state index contributed by atoms with van der Waals surface area (Å²) in [4.78, 5) is 0. The summed E-state index contributed by atoms with van der Waals surface area (Å²) in [5.41, 5.74) is 1.08. The monoisotopic (exact) mass is 417 g/mol. The smallest absolute Gasteiger partial charge is 0.129 e. The molecule has 2 aromatic carbocycles. The summed E-state index contributed by atoms with van der Waals surface area (Å²) in [5, 5.41) is 3.28. The van der Waals surface area contributed by atoms with E-state index in [-0.39, 0.29) is 18.0 Å². The third-order valence-corrected chi connectivity index (χ3v) is 4.44. The maximum Gasteiger partial charge on any atom is 0.129 e. The van der Waals surface area contributed by atoms with Crippen LogP contribution in [0.3, 0.4) is 0 Å². The molecule has 2 aromatic rings. The fourth-order valence-electron chi connectivity index (χ4n) is 2.25. The molecule has 1 N–H and O–H groups in total. The topological polar surface area (TPSA) is 12.0 Å². The standard InChI is InChI=1S/C16H15Br2F2N/c1-2-21-16(11-7-6-10(17)8-13(11)18)9-12-14(19)4-3-5-15(12)20/h3-8,16,21H,2,9H2,1H3. The van der Waals surface area contributed by atoms with E-state index >= 15 is 0 Å². The van der Waals surface area contributed by atoms with Crippen molar-refractivity contribution < 1.29 is 8.78 Å². The van der Waals surface area contributed by atoms with Gasteiger partial charge in [-0.3, -0.25) is 0 Å². The van der Waals surface area contributed by atoms with Gasteiger partial charge in [0.2, 0.25) is 0 Å². The molecule has 0 radical (unpaired) electrons. The lowest BCUT2D eigenvalue weighted by Crippen LogP contribution is -2.24. The summed E-state index contributed by atoms with van der Waals surface area (Å²) in [6, 6.07) is 9.59. The van der Waals surface area contributed by atoms with E-state index in [9.17, 15) is 8.78 Å². The van der Waals surface area contributed by atoms with Crippen molar-refractivity contribution in [1.82, 2.24) is 5.32 Å². The zero-order chi connectivity index (χ0) is 15.4. The van der Waals surface area contributed by atoms with Crippen molar-refractivity contribution >= 4 is 31.9 Å². The number of benzene rings is 2. The number of hydrogen-bond donors (Lipinski definition) is 1. The van der Waals surface area contributed by atoms with E-state index in [4.69, 9.17) is 0 Å². The fraction of sp³-hybridized carbons (Fsp3) is 0.250. The molecule has 0 saturated heterocycles. The zero-order valence-electron chi connectivity index (χ0n) is 11.5. The lowest BCUT2D eigenvalue weighted by atomic mass is 9.98. The van der Waals surface area contributed by atoms with Gasteiger partial charge < -0.3 is 5.32 Å². The summed E-state index contributed by atoms with van der Waals surface area (Å²) in [7, 11) is 0. The SMILES string of the molecule is CCNC(Cc1c(F)cccc1F)c1ccc(Br)cc1Br. The van der Waals surface area contributed by atoms with Crippen molar-refractivity contribution in [3.05, 3.63) is 68.1 Å². The second-order valence-electron chi connectivity index (χ2n) is 4.68. The highest BCUT2D eigenvalue weighted by molar-refractivity contribution is 9.11. The predicted molar refractivity (Wildman–Crippen MR) is 88.3 cm³/mol. The van der Waals surface area contributed by atoms with E-state index in [2.05, 4.69) is 37.2 Å². The Hall–Kier alpha value is -0.780. The molecule has 1 nitrogen and oxygen atoms in total. The first-order chi connectivity index (χ1) is 10.0. The summed E-state index contributed by atoms with van der Waals surface area (Å²) in [6.45, 7) is 2.68. The van der Waals surface area contributed by atoms with E-state index in [0.29, 0.717) is 6.54 Å². The first-order valence-corrected chi connectivity index (χ1v) is 8.22. The second-order valence-corrected chi connectivity index (χ2v) is 6.45. The van der Waals surface area contributed by atoms with E-state index in [1.807, 2.05) is 25.1 Å². The van der Waals surface area contributed by atoms with E-state index in [1.165, 1.54) is 18.2 Å². The number of halogens is 4. The molecule has 0 aliphatic carbocycles. The van der Waals surface area contributed by atoms with Crippen LogP contribution in [0.15, 0.2) is 45.3 Å². The van der Waals surface area contributed by atoms with Gasteiger partial charge in [-0.2, -0.15) is 0 Å². The highest BCUT2D eigenvalue weighted by Gasteiger charge is 2.18. The summed E-state index contributed by atoms with van der Waals surface area (Å²) in [6.07, 6.45) is 0.257. The van der Waals surface area contributed by atoms with Gasteiger partial charge in [0.25, 0.3) is 0 Å². The molecular formula is C16H15Br2F2N. The van der Waals surface area contributed by atoms with Gasteiger partial charge in [-0.05, 0) is 42.8 Å². The van der Waals surface area contributed by atoms with Crippen LogP contribution in [0.1, 0.15) is 24.1 Å². The molecule has 0 fully saturated rings. The first-order valence-electron chi connectivity index (χ1n) is 6.64. The Morgan fingerprint density at radius 1 is 1.10 bits per heavy atom. The molecule has 1 unspecified atom stereocenters. The van der Waals surface area contributed by atoms with Crippen LogP contribution in [0.25, 0.3) is 0 Å². The number of likely N-dealkylation sites (N-methyl/N-ethyl adjacent to an activating group) is 1. The minimum Gasteiger partial charge on any atom is -0.310 e. The minimum atomic E-state index is -0.508. The molecule has 5 heteroatoms. The van der Waals surface area contributed by atoms with Gasteiger partial charge in [-0.25, -0.2) is 8.78 Å². The molecule has 0 aliphatic heterocycles. The summed E-state index contributed by atoms with van der Waals surface area (Å²) >= 11 is 6.91. The van der Waals surface area contributed by atoms with Crippen molar-refractivity contribution in [2.24, 2.45) is 0 Å². The normalized spacial score (nSPS) is 12.4. The highest BCUT2D eigenvalue weighted by Crippen LogP contribution is 2.30. The van der Waals surface area contributed by atoms with Crippen molar-refractivity contribution in [3.8, 4) is 0 Å². The van der Waals surface area contributed by atoms with Crippen LogP contribution in [0.2, 0.25) is 0 Å². The lowest BCUT2D eigenvalue weighted by molar-refractivity contribution is 0.498. The van der Waals surface area contributed by atoms with Crippen LogP contribution < -0.4 is 5.32 Å². The van der Waals surface area contributed by atoms with Gasteiger partial charge in [0.1, 0.15) is 11.6 Å². The molecular weight excluding hydrogens is 404 g/mol. The highest BCUT2D eigenvalue weighted by atomic mass is 79.9. The maximum absolute atomic E-state index is 13.8. The molecule has 0 aliphatic rings. The first kappa shape index (κ1) is 16.6. The number of hydrogen-bond acceptors (Lipinski definition) is 1. The van der Waals surface area contributed by atoms with Crippen LogP contribution in [0, 0.1) is 11.6 Å². The van der Waals surface area contributed by atoms with Crippen molar-refractivity contribution in [3.63, 3.8) is 0 Å². The molecule has 0 aromatic heterocycles. The molecule has 0 spiro atoms. The van der Waals surface area contributed by atoms with Gasteiger partial charge in [0, 0.05) is 20.6 Å². The van der Waals surface area contributed by atoms with Crippen LogP contribution in [-0.4, -0.2) is 6.54 Å². The molecule has 2 rings (SSSR count). The summed E-state index contributed by atoms with van der Waals surface area (Å²) < 4.78 is 29.5. The Bertz CT molecular complexity index is 611. The predicted octanol–water partition coefficient (Wildman–Crippen LogP) is 5.38. The van der Waals surface area contributed by atoms with Crippen LogP contribution in [-0.2, 0) is 6.42 Å². The fourth-order valence-corrected chi connectivity index (χ4v) is 3.58. The Morgan fingerprint density at radius 2 is 1.76 bits per heavy atom. The van der Waals surface area contributed by atoms with Crippen molar-refractivity contribution in [2.75, 3.05) is 6.54 Å². The van der Waals surface area contributed by atoms with Crippen LogP contribution in [0.5, 0.6) is 0 Å². The van der Waals surface area contributed by atoms with Gasteiger partial charge in [-0.1, -0.05) is 50.9 Å². The Labute approximate surface area is 140 Å². The van der Waals surface area contributed by atoms with E-state index in [1.54, 1.807) is 0 Å². The average Bonchev–Trinajstić information content (AvgIpc) is 2.42. The quantitative estimate of drug-likeness (QED) is 0.686. The van der Waals surface area contributed by atoms with E-state index in [0.717, 1.165) is 14.5 Å². The lowest BCUT2D eigenvalue weighted by Gasteiger charge is -2.20. The molecule has 0 amide bonds. The van der Waals surface area contributed by atoms with Crippen molar-refractivity contribution in [1.29, 1.82) is 0 Å². The third kappa shape index (κ3) is 4.11. The maximum atomic E-state index is 13.8. The number of rotatable bonds is 5. The second kappa shape index (κ2) is 7.47. The number of nitrogens with one attached hydrogen (secondary N) is 1. The largest absolute Gasteiger partial charge is 0.310 e. The molecule has 112 valence electrons. The van der Waals surface area contributed by atoms with Gasteiger partial charge in [0.15, 0.2) is 0 Å². The molecule has 0 heterocycles. The van der Waals surface area contributed by atoms with Gasteiger partial charge in [-0.15, -0.1) is 0 Å².